The van der Waals surface area contributed by atoms with Gasteiger partial charge in [-0.2, -0.15) is 0 Å². The molecule has 15 heavy (non-hydrogen) atoms. The second-order valence-corrected chi connectivity index (χ2v) is 3.05. The predicted octanol–water partition coefficient (Wildman–Crippen LogP) is 2.23. The Hall–Kier alpha value is -1.51. The lowest BCUT2D eigenvalue weighted by atomic mass is 10.1. The number of hydrogen-bond acceptors (Lipinski definition) is 3. The molecule has 0 bridgehead atoms. The van der Waals surface area contributed by atoms with Crippen LogP contribution in [0.3, 0.4) is 0 Å². The van der Waals surface area contributed by atoms with E-state index < -0.39 is 0 Å². The molecule has 0 aromatic heterocycles. The molecule has 0 saturated carbocycles. The summed E-state index contributed by atoms with van der Waals surface area (Å²) in [6.45, 7) is 4.65. The molecule has 0 unspecified atom stereocenters. The number of carbonyl (C=O) groups excluding carboxylic acids is 1. The minimum atomic E-state index is 0.0611. The van der Waals surface area contributed by atoms with Crippen LogP contribution in [0.1, 0.15) is 19.4 Å². The summed E-state index contributed by atoms with van der Waals surface area (Å²) in [5.74, 6) is 1.33. The van der Waals surface area contributed by atoms with Crippen molar-refractivity contribution in [2.45, 2.75) is 20.3 Å². The molecule has 0 aliphatic carbocycles. The largest absolute Gasteiger partial charge is 0.490 e. The SMILES string of the molecule is CCOc1cc(CC)ccc1OCC=O. The third-order valence-corrected chi connectivity index (χ3v) is 2.02. The minimum absolute atomic E-state index is 0.0611. The number of rotatable bonds is 6. The fraction of sp³-hybridized carbons (Fsp3) is 0.417. The monoisotopic (exact) mass is 208 g/mol. The average molecular weight is 208 g/mol. The van der Waals surface area contributed by atoms with E-state index in [9.17, 15) is 4.79 Å². The van der Waals surface area contributed by atoms with Gasteiger partial charge in [-0.15, -0.1) is 0 Å². The highest BCUT2D eigenvalue weighted by atomic mass is 16.5. The van der Waals surface area contributed by atoms with Crippen LogP contribution in [0, 0.1) is 0 Å². The first kappa shape index (κ1) is 11.6. The molecule has 82 valence electrons. The third-order valence-electron chi connectivity index (χ3n) is 2.02. The second-order valence-electron chi connectivity index (χ2n) is 3.05. The lowest BCUT2D eigenvalue weighted by Crippen LogP contribution is -2.01. The first-order valence-electron chi connectivity index (χ1n) is 5.14. The van der Waals surface area contributed by atoms with Gasteiger partial charge < -0.3 is 9.47 Å². The first-order chi connectivity index (χ1) is 7.31. The van der Waals surface area contributed by atoms with Crippen LogP contribution < -0.4 is 9.47 Å². The van der Waals surface area contributed by atoms with E-state index in [1.165, 1.54) is 5.56 Å². The van der Waals surface area contributed by atoms with Crippen molar-refractivity contribution >= 4 is 6.29 Å². The van der Waals surface area contributed by atoms with Crippen molar-refractivity contribution in [1.82, 2.24) is 0 Å². The second kappa shape index (κ2) is 6.06. The number of carbonyl (C=O) groups is 1. The molecule has 0 amide bonds. The Balaban J connectivity index is 2.87. The maximum absolute atomic E-state index is 10.2. The van der Waals surface area contributed by atoms with Crippen LogP contribution >= 0.6 is 0 Å². The summed E-state index contributed by atoms with van der Waals surface area (Å²) < 4.78 is 10.7. The summed E-state index contributed by atoms with van der Waals surface area (Å²) in [6.07, 6.45) is 1.68. The summed E-state index contributed by atoms with van der Waals surface area (Å²) in [5.41, 5.74) is 1.19. The lowest BCUT2D eigenvalue weighted by Gasteiger charge is -2.11. The predicted molar refractivity (Wildman–Crippen MR) is 58.5 cm³/mol. The van der Waals surface area contributed by atoms with Crippen molar-refractivity contribution in [3.05, 3.63) is 23.8 Å². The molecule has 0 radical (unpaired) electrons. The molecular formula is C12H16O3. The number of hydrogen-bond donors (Lipinski definition) is 0. The summed E-state index contributed by atoms with van der Waals surface area (Å²) in [5, 5.41) is 0. The van der Waals surface area contributed by atoms with E-state index in [4.69, 9.17) is 9.47 Å². The van der Waals surface area contributed by atoms with Crippen molar-refractivity contribution in [3.8, 4) is 11.5 Å². The Bertz CT molecular complexity index is 321. The van der Waals surface area contributed by atoms with Gasteiger partial charge in [0.15, 0.2) is 17.8 Å². The summed E-state index contributed by atoms with van der Waals surface area (Å²) in [7, 11) is 0. The van der Waals surface area contributed by atoms with Crippen LogP contribution in [-0.2, 0) is 11.2 Å². The number of aldehydes is 1. The molecule has 1 aromatic carbocycles. The standard InChI is InChI=1S/C12H16O3/c1-3-10-5-6-11(15-8-7-13)12(9-10)14-4-2/h5-7,9H,3-4,8H2,1-2H3. The van der Waals surface area contributed by atoms with Crippen LogP contribution in [0.4, 0.5) is 0 Å². The number of benzene rings is 1. The van der Waals surface area contributed by atoms with Crippen LogP contribution in [-0.4, -0.2) is 19.5 Å². The zero-order valence-corrected chi connectivity index (χ0v) is 9.16. The molecular weight excluding hydrogens is 192 g/mol. The van der Waals surface area contributed by atoms with E-state index in [0.717, 1.165) is 12.7 Å². The van der Waals surface area contributed by atoms with Gasteiger partial charge in [-0.05, 0) is 31.0 Å². The molecule has 1 rings (SSSR count). The molecule has 0 spiro atoms. The van der Waals surface area contributed by atoms with Crippen molar-refractivity contribution < 1.29 is 14.3 Å². The van der Waals surface area contributed by atoms with Gasteiger partial charge in [0.25, 0.3) is 0 Å². The van der Waals surface area contributed by atoms with Gasteiger partial charge in [-0.25, -0.2) is 0 Å². The molecule has 0 heterocycles. The van der Waals surface area contributed by atoms with Crippen LogP contribution in [0.5, 0.6) is 11.5 Å². The summed E-state index contributed by atoms with van der Waals surface area (Å²) in [4.78, 5) is 10.2. The van der Waals surface area contributed by atoms with E-state index in [1.54, 1.807) is 0 Å². The molecule has 0 fully saturated rings. The Morgan fingerprint density at radius 1 is 1.20 bits per heavy atom. The normalized spacial score (nSPS) is 9.73. The van der Waals surface area contributed by atoms with Crippen molar-refractivity contribution in [2.24, 2.45) is 0 Å². The van der Waals surface area contributed by atoms with E-state index >= 15 is 0 Å². The third kappa shape index (κ3) is 3.27. The average Bonchev–Trinajstić information content (AvgIpc) is 2.27. The maximum atomic E-state index is 10.2. The van der Waals surface area contributed by atoms with E-state index in [-0.39, 0.29) is 6.61 Å². The van der Waals surface area contributed by atoms with E-state index in [2.05, 4.69) is 6.92 Å². The Labute approximate surface area is 90.0 Å². The van der Waals surface area contributed by atoms with Crippen LogP contribution in [0.2, 0.25) is 0 Å². The van der Waals surface area contributed by atoms with Gasteiger partial charge in [0, 0.05) is 0 Å². The zero-order chi connectivity index (χ0) is 11.1. The van der Waals surface area contributed by atoms with Crippen LogP contribution in [0.25, 0.3) is 0 Å². The van der Waals surface area contributed by atoms with Gasteiger partial charge in [-0.3, -0.25) is 4.79 Å². The van der Waals surface area contributed by atoms with Crippen molar-refractivity contribution in [3.63, 3.8) is 0 Å². The molecule has 0 aliphatic heterocycles. The molecule has 0 atom stereocenters. The molecule has 1 aromatic rings. The van der Waals surface area contributed by atoms with E-state index in [1.807, 2.05) is 25.1 Å². The highest BCUT2D eigenvalue weighted by molar-refractivity contribution is 5.52. The topological polar surface area (TPSA) is 35.5 Å². The van der Waals surface area contributed by atoms with Gasteiger partial charge in [-0.1, -0.05) is 13.0 Å². The Morgan fingerprint density at radius 2 is 2.00 bits per heavy atom. The highest BCUT2D eigenvalue weighted by Gasteiger charge is 2.05. The van der Waals surface area contributed by atoms with E-state index in [0.29, 0.717) is 18.1 Å². The molecule has 3 heteroatoms. The van der Waals surface area contributed by atoms with Gasteiger partial charge in [0.2, 0.25) is 0 Å². The lowest BCUT2D eigenvalue weighted by molar-refractivity contribution is -0.109. The van der Waals surface area contributed by atoms with Gasteiger partial charge in [0.05, 0.1) is 6.61 Å². The maximum Gasteiger partial charge on any atom is 0.161 e. The fourth-order valence-electron chi connectivity index (χ4n) is 1.28. The molecule has 3 nitrogen and oxygen atoms in total. The highest BCUT2D eigenvalue weighted by Crippen LogP contribution is 2.28. The minimum Gasteiger partial charge on any atom is -0.490 e. The Kier molecular flexibility index (Phi) is 4.68. The Morgan fingerprint density at radius 3 is 2.60 bits per heavy atom. The van der Waals surface area contributed by atoms with Crippen molar-refractivity contribution in [2.75, 3.05) is 13.2 Å². The quantitative estimate of drug-likeness (QED) is 0.672. The fourth-order valence-corrected chi connectivity index (χ4v) is 1.28. The molecule has 0 N–H and O–H groups in total. The number of aryl methyl sites for hydroxylation is 1. The smallest absolute Gasteiger partial charge is 0.161 e. The number of ether oxygens (including phenoxy) is 2. The first-order valence-corrected chi connectivity index (χ1v) is 5.14. The molecule has 0 aliphatic rings. The zero-order valence-electron chi connectivity index (χ0n) is 9.16. The van der Waals surface area contributed by atoms with Gasteiger partial charge >= 0.3 is 0 Å². The molecule has 0 saturated heterocycles. The summed E-state index contributed by atoms with van der Waals surface area (Å²) >= 11 is 0. The van der Waals surface area contributed by atoms with Crippen molar-refractivity contribution in [1.29, 1.82) is 0 Å². The van der Waals surface area contributed by atoms with Crippen LogP contribution in [0.15, 0.2) is 18.2 Å². The summed E-state index contributed by atoms with van der Waals surface area (Å²) in [6, 6.07) is 5.76. The van der Waals surface area contributed by atoms with Gasteiger partial charge in [0.1, 0.15) is 6.61 Å².